The lowest BCUT2D eigenvalue weighted by Crippen LogP contribution is -2.34. The molecular weight excluding hydrogens is 384 g/mol. The van der Waals surface area contributed by atoms with Gasteiger partial charge in [-0.05, 0) is 51.2 Å². The predicted molar refractivity (Wildman–Crippen MR) is 120 cm³/mol. The van der Waals surface area contributed by atoms with Crippen LogP contribution in [0.25, 0.3) is 22.2 Å². The Hall–Kier alpha value is -2.37. The molecular formula is C23H29ClN4O. The Kier molecular flexibility index (Phi) is 7.29. The van der Waals surface area contributed by atoms with E-state index < -0.39 is 6.04 Å². The fourth-order valence-electron chi connectivity index (χ4n) is 3.53. The third-order valence-corrected chi connectivity index (χ3v) is 5.54. The lowest BCUT2D eigenvalue weighted by molar-refractivity contribution is -0.124. The molecule has 0 saturated heterocycles. The number of rotatable bonds is 9. The first kappa shape index (κ1) is 21.3. The molecule has 1 aromatic heterocycles. The van der Waals surface area contributed by atoms with E-state index in [0.717, 1.165) is 48.2 Å². The van der Waals surface area contributed by atoms with Crippen LogP contribution in [0.15, 0.2) is 48.5 Å². The highest BCUT2D eigenvalue weighted by atomic mass is 35.5. The zero-order valence-corrected chi connectivity index (χ0v) is 18.1. The van der Waals surface area contributed by atoms with Crippen LogP contribution in [-0.2, 0) is 4.79 Å². The molecule has 0 unspecified atom stereocenters. The van der Waals surface area contributed by atoms with Crippen LogP contribution in [0, 0.1) is 0 Å². The largest absolute Gasteiger partial charge is 0.354 e. The van der Waals surface area contributed by atoms with E-state index in [2.05, 4.69) is 24.1 Å². The molecule has 154 valence electrons. The van der Waals surface area contributed by atoms with E-state index in [1.807, 2.05) is 55.5 Å². The first-order chi connectivity index (χ1) is 14.0. The Bertz CT molecular complexity index is 950. The number of halogens is 1. The van der Waals surface area contributed by atoms with Gasteiger partial charge in [-0.2, -0.15) is 5.10 Å². The third kappa shape index (κ3) is 4.98. The maximum absolute atomic E-state index is 12.8. The molecule has 0 fully saturated rings. The second-order valence-electron chi connectivity index (χ2n) is 7.17. The molecule has 1 N–H and O–H groups in total. The van der Waals surface area contributed by atoms with Gasteiger partial charge in [-0.15, -0.1) is 0 Å². The molecule has 0 aliphatic heterocycles. The van der Waals surface area contributed by atoms with Gasteiger partial charge in [0.1, 0.15) is 11.7 Å². The maximum atomic E-state index is 12.8. The quantitative estimate of drug-likeness (QED) is 0.515. The van der Waals surface area contributed by atoms with Gasteiger partial charge in [-0.1, -0.05) is 55.8 Å². The van der Waals surface area contributed by atoms with Crippen molar-refractivity contribution >= 4 is 28.4 Å². The van der Waals surface area contributed by atoms with E-state index in [4.69, 9.17) is 16.7 Å². The molecule has 0 aliphatic rings. The highest BCUT2D eigenvalue weighted by molar-refractivity contribution is 6.31. The van der Waals surface area contributed by atoms with Gasteiger partial charge in [-0.3, -0.25) is 9.48 Å². The summed E-state index contributed by atoms with van der Waals surface area (Å²) in [5.41, 5.74) is 2.74. The lowest BCUT2D eigenvalue weighted by atomic mass is 10.1. The fraction of sp³-hybridized carbons (Fsp3) is 0.391. The van der Waals surface area contributed by atoms with Crippen molar-refractivity contribution in [1.29, 1.82) is 0 Å². The number of amides is 1. The highest BCUT2D eigenvalue weighted by Gasteiger charge is 2.21. The lowest BCUT2D eigenvalue weighted by Gasteiger charge is -2.18. The number of aromatic nitrogens is 2. The van der Waals surface area contributed by atoms with Crippen molar-refractivity contribution in [3.8, 4) is 11.3 Å². The summed E-state index contributed by atoms with van der Waals surface area (Å²) in [7, 11) is 0. The topological polar surface area (TPSA) is 50.2 Å². The van der Waals surface area contributed by atoms with Gasteiger partial charge in [0.05, 0.1) is 5.52 Å². The average molecular weight is 413 g/mol. The van der Waals surface area contributed by atoms with E-state index >= 15 is 0 Å². The fourth-order valence-corrected chi connectivity index (χ4v) is 3.70. The van der Waals surface area contributed by atoms with E-state index in [1.165, 1.54) is 0 Å². The number of carbonyl (C=O) groups excluding carboxylic acids is 1. The number of fused-ring (bicyclic) bond motifs is 1. The highest BCUT2D eigenvalue weighted by Crippen LogP contribution is 2.31. The molecule has 0 saturated carbocycles. The molecule has 6 heteroatoms. The van der Waals surface area contributed by atoms with Gasteiger partial charge in [-0.25, -0.2) is 0 Å². The summed E-state index contributed by atoms with van der Waals surface area (Å²) in [6.07, 6.45) is 0.935. The minimum atomic E-state index is -0.412. The van der Waals surface area contributed by atoms with Crippen molar-refractivity contribution in [3.63, 3.8) is 0 Å². The molecule has 5 nitrogen and oxygen atoms in total. The molecule has 1 heterocycles. The van der Waals surface area contributed by atoms with Crippen LogP contribution in [0.1, 0.15) is 33.2 Å². The normalized spacial score (nSPS) is 12.4. The average Bonchev–Trinajstić information content (AvgIpc) is 3.12. The first-order valence-corrected chi connectivity index (χ1v) is 10.7. The number of hydrogen-bond donors (Lipinski definition) is 1. The van der Waals surface area contributed by atoms with Crippen LogP contribution in [0.5, 0.6) is 0 Å². The number of nitrogens with one attached hydrogen (secondary N) is 1. The minimum absolute atomic E-state index is 0.0245. The summed E-state index contributed by atoms with van der Waals surface area (Å²) >= 11 is 6.24. The molecule has 0 spiro atoms. The first-order valence-electron chi connectivity index (χ1n) is 10.3. The van der Waals surface area contributed by atoms with Crippen molar-refractivity contribution in [3.05, 3.63) is 53.6 Å². The molecule has 2 aromatic carbocycles. The predicted octanol–water partition coefficient (Wildman–Crippen LogP) is 4.77. The second-order valence-corrected chi connectivity index (χ2v) is 7.60. The van der Waals surface area contributed by atoms with Crippen molar-refractivity contribution in [2.45, 2.75) is 33.2 Å². The molecule has 0 radical (unpaired) electrons. The second kappa shape index (κ2) is 9.90. The number of nitrogens with zero attached hydrogens (tertiary/aromatic N) is 3. The molecule has 0 bridgehead atoms. The number of benzene rings is 2. The summed E-state index contributed by atoms with van der Waals surface area (Å²) in [5, 5.41) is 9.45. The van der Waals surface area contributed by atoms with Crippen LogP contribution < -0.4 is 5.32 Å². The summed E-state index contributed by atoms with van der Waals surface area (Å²) in [6, 6.07) is 15.3. The number of carbonyl (C=O) groups is 1. The standard InChI is InChI=1S/C23H29ClN4O/c1-4-27(5-2)15-9-14-25-23(29)17(3)28-21-13-12-19(24)16-20(21)22(26-28)18-10-7-6-8-11-18/h6-8,10-13,16-17H,4-5,9,14-15H2,1-3H3,(H,25,29)/t17-/m1/s1. The van der Waals surface area contributed by atoms with Crippen LogP contribution in [0.2, 0.25) is 5.02 Å². The summed E-state index contributed by atoms with van der Waals surface area (Å²) in [5.74, 6) is -0.0245. The molecule has 0 aliphatic carbocycles. The Morgan fingerprint density at radius 1 is 1.17 bits per heavy atom. The maximum Gasteiger partial charge on any atom is 0.244 e. The van der Waals surface area contributed by atoms with Crippen LogP contribution >= 0.6 is 11.6 Å². The Morgan fingerprint density at radius 2 is 1.90 bits per heavy atom. The van der Waals surface area contributed by atoms with Crippen LogP contribution in [-0.4, -0.2) is 46.8 Å². The van der Waals surface area contributed by atoms with Gasteiger partial charge in [0.15, 0.2) is 0 Å². The zero-order chi connectivity index (χ0) is 20.8. The SMILES string of the molecule is CCN(CC)CCCNC(=O)[C@@H](C)n1nc(-c2ccccc2)c2cc(Cl)ccc21. The Labute approximate surface area is 177 Å². The Morgan fingerprint density at radius 3 is 2.59 bits per heavy atom. The summed E-state index contributed by atoms with van der Waals surface area (Å²) < 4.78 is 1.80. The molecule has 3 aromatic rings. The Balaban J connectivity index is 1.79. The molecule has 3 rings (SSSR count). The van der Waals surface area contributed by atoms with Gasteiger partial charge in [0.25, 0.3) is 0 Å². The molecule has 1 amide bonds. The molecule has 1 atom stereocenters. The monoisotopic (exact) mass is 412 g/mol. The zero-order valence-electron chi connectivity index (χ0n) is 17.4. The minimum Gasteiger partial charge on any atom is -0.354 e. The van der Waals surface area contributed by atoms with Crippen LogP contribution in [0.4, 0.5) is 0 Å². The van der Waals surface area contributed by atoms with Crippen LogP contribution in [0.3, 0.4) is 0 Å². The van der Waals surface area contributed by atoms with Crippen molar-refractivity contribution in [1.82, 2.24) is 20.0 Å². The molecule has 29 heavy (non-hydrogen) atoms. The van der Waals surface area contributed by atoms with Gasteiger partial charge < -0.3 is 10.2 Å². The smallest absolute Gasteiger partial charge is 0.244 e. The van der Waals surface area contributed by atoms with Crippen molar-refractivity contribution in [2.75, 3.05) is 26.2 Å². The third-order valence-electron chi connectivity index (χ3n) is 5.31. The van der Waals surface area contributed by atoms with E-state index in [1.54, 1.807) is 4.68 Å². The van der Waals surface area contributed by atoms with Gasteiger partial charge >= 0.3 is 0 Å². The van der Waals surface area contributed by atoms with Gasteiger partial charge in [0, 0.05) is 22.5 Å². The van der Waals surface area contributed by atoms with E-state index in [0.29, 0.717) is 11.6 Å². The van der Waals surface area contributed by atoms with E-state index in [-0.39, 0.29) is 5.91 Å². The van der Waals surface area contributed by atoms with Gasteiger partial charge in [0.2, 0.25) is 5.91 Å². The summed E-state index contributed by atoms with van der Waals surface area (Å²) in [6.45, 7) is 9.91. The summed E-state index contributed by atoms with van der Waals surface area (Å²) in [4.78, 5) is 15.1. The van der Waals surface area contributed by atoms with Crippen molar-refractivity contribution in [2.24, 2.45) is 0 Å². The van der Waals surface area contributed by atoms with E-state index in [9.17, 15) is 4.79 Å². The number of hydrogen-bond acceptors (Lipinski definition) is 3. The van der Waals surface area contributed by atoms with Crippen molar-refractivity contribution < 1.29 is 4.79 Å².